The first-order valence-corrected chi connectivity index (χ1v) is 26.8. The zero-order valence-corrected chi connectivity index (χ0v) is 44.5. The lowest BCUT2D eigenvalue weighted by Crippen LogP contribution is -2.63. The first-order valence-electron chi connectivity index (χ1n) is 24.0. The Kier molecular flexibility index (Phi) is 28.2. The van der Waals surface area contributed by atoms with Gasteiger partial charge in [0.15, 0.2) is 0 Å². The average molecular weight is 1100 g/mol. The van der Waals surface area contributed by atoms with E-state index in [1.165, 1.54) is 67.2 Å². The predicted octanol–water partition coefficient (Wildman–Crippen LogP) is -2.75. The lowest BCUT2D eigenvalue weighted by Gasteiger charge is -2.30. The quantitative estimate of drug-likeness (QED) is 0.0338. The number of aromatic nitrogens is 2. The van der Waals surface area contributed by atoms with Gasteiger partial charge in [0.25, 0.3) is 0 Å². The van der Waals surface area contributed by atoms with Crippen molar-refractivity contribution in [2.45, 2.75) is 134 Å². The molecule has 418 valence electrons. The van der Waals surface area contributed by atoms with Crippen LogP contribution in [0.15, 0.2) is 36.8 Å². The SMILES string of the molecule is CC[C@H](C)[C@H](NC(=O)[C@H](Cc1ccc(O)cc1)NC(=O)[C@@H](NC(=O)[C@H](CCSC)NC(=O)[C@@H](NC(=O)[C@@H](N)CC(=O)O)C(C)C)[C@@H](C)O)C(=O)N[C@@H](Cc1cnc[nH]1)C(=O)N[C@@H](CO)C(=O)N[C@@H](CCSC)C(=O)O. The van der Waals surface area contributed by atoms with Crippen LogP contribution in [0, 0.1) is 11.8 Å². The summed E-state index contributed by atoms with van der Waals surface area (Å²) in [6.45, 7) is 6.77. The number of aromatic amines is 1. The number of thioether (sulfide) groups is 2. The minimum Gasteiger partial charge on any atom is -0.508 e. The largest absolute Gasteiger partial charge is 0.508 e. The molecule has 0 saturated heterocycles. The van der Waals surface area contributed by atoms with E-state index in [2.05, 4.69) is 52.5 Å². The van der Waals surface area contributed by atoms with Crippen LogP contribution in [0.5, 0.6) is 5.75 Å². The summed E-state index contributed by atoms with van der Waals surface area (Å²) in [7, 11) is 0. The van der Waals surface area contributed by atoms with E-state index in [0.717, 1.165) is 0 Å². The second-order valence-corrected chi connectivity index (χ2v) is 20.0. The minimum atomic E-state index is -1.76. The predicted molar refractivity (Wildman–Crippen MR) is 276 cm³/mol. The molecule has 1 aromatic heterocycles. The molecule has 0 aliphatic heterocycles. The van der Waals surface area contributed by atoms with Crippen LogP contribution in [0.3, 0.4) is 0 Å². The summed E-state index contributed by atoms with van der Waals surface area (Å²) in [5.74, 6) is -10.9. The molecule has 1 heterocycles. The summed E-state index contributed by atoms with van der Waals surface area (Å²) in [5, 5.41) is 69.5. The molecule has 1 aromatic carbocycles. The molecule has 2 rings (SSSR count). The number of carbonyl (C=O) groups is 10. The van der Waals surface area contributed by atoms with E-state index in [0.29, 0.717) is 22.8 Å². The molecule has 75 heavy (non-hydrogen) atoms. The monoisotopic (exact) mass is 1100 g/mol. The topological polar surface area (TPSA) is 423 Å². The number of benzene rings is 1. The van der Waals surface area contributed by atoms with E-state index < -0.39 is 145 Å². The molecule has 0 spiro atoms. The lowest BCUT2D eigenvalue weighted by atomic mass is 9.96. The van der Waals surface area contributed by atoms with Gasteiger partial charge in [0, 0.05) is 24.7 Å². The van der Waals surface area contributed by atoms with Crippen LogP contribution in [0.4, 0.5) is 0 Å². The second-order valence-electron chi connectivity index (χ2n) is 18.1. The van der Waals surface area contributed by atoms with E-state index in [9.17, 15) is 68.4 Å². The highest BCUT2D eigenvalue weighted by Crippen LogP contribution is 2.15. The molecule has 0 saturated carbocycles. The number of aliphatic carboxylic acids is 2. The molecule has 0 aliphatic rings. The van der Waals surface area contributed by atoms with Crippen LogP contribution in [-0.2, 0) is 60.8 Å². The number of rotatable bonds is 34. The van der Waals surface area contributed by atoms with Crippen LogP contribution in [0.1, 0.15) is 71.6 Å². The van der Waals surface area contributed by atoms with Gasteiger partial charge in [-0.15, -0.1) is 0 Å². The average Bonchev–Trinajstić information content (AvgIpc) is 3.87. The molecule has 0 radical (unpaired) electrons. The summed E-state index contributed by atoms with van der Waals surface area (Å²) in [6, 6.07) is -7.70. The van der Waals surface area contributed by atoms with Gasteiger partial charge in [0.2, 0.25) is 47.3 Å². The number of carboxylic acid groups (broad SMARTS) is 2. The van der Waals surface area contributed by atoms with Crippen molar-refractivity contribution in [3.05, 3.63) is 48.0 Å². The van der Waals surface area contributed by atoms with E-state index in [-0.39, 0.29) is 37.9 Å². The van der Waals surface area contributed by atoms with Gasteiger partial charge in [-0.3, -0.25) is 43.2 Å². The van der Waals surface area contributed by atoms with Crippen LogP contribution >= 0.6 is 23.5 Å². The fourth-order valence-electron chi connectivity index (χ4n) is 7.11. The number of H-pyrrole nitrogens is 1. The minimum absolute atomic E-state index is 0.00256. The molecular formula is C47H73N11O15S2. The molecule has 0 unspecified atom stereocenters. The normalized spacial score (nSPS) is 15.6. The molecule has 11 atom stereocenters. The van der Waals surface area contributed by atoms with E-state index in [1.54, 1.807) is 40.2 Å². The molecule has 8 amide bonds. The first kappa shape index (κ1) is 64.6. The van der Waals surface area contributed by atoms with Crippen molar-refractivity contribution in [1.29, 1.82) is 0 Å². The van der Waals surface area contributed by atoms with Gasteiger partial charge in [-0.25, -0.2) is 9.78 Å². The number of amides is 8. The molecule has 28 heteroatoms. The molecule has 26 nitrogen and oxygen atoms in total. The Labute approximate surface area is 442 Å². The smallest absolute Gasteiger partial charge is 0.326 e. The second kappa shape index (κ2) is 32.7. The van der Waals surface area contributed by atoms with Crippen LogP contribution in [0.25, 0.3) is 0 Å². The standard InChI is InChI=1S/C47H73N11O15S2/c1-8-24(4)37(45(70)54-33(18-27-20-49-22-50-27)41(66)55-34(21-59)43(68)52-31(47(72)73)14-16-75-7)57-42(67)32(17-26-9-11-28(61)12-10-26)53-46(71)38(25(5)60)58-40(65)30(13-15-74-6)51-44(69)36(23(2)3)56-39(64)29(48)19-35(62)63/h9-12,20,22-25,29-34,36-38,59-61H,8,13-19,21,48H2,1-7H3,(H,49,50)(H,51,69)(H,52,68)(H,53,71)(H,54,70)(H,55,66)(H,56,64)(H,57,67)(H,58,65)(H,62,63)(H,72,73)/t24-,25+,29-,30-,31-,32-,33-,34-,36-,37-,38-/m0/s1. The van der Waals surface area contributed by atoms with E-state index in [4.69, 9.17) is 10.8 Å². The van der Waals surface area contributed by atoms with Gasteiger partial charge < -0.3 is 78.8 Å². The zero-order valence-electron chi connectivity index (χ0n) is 42.9. The molecule has 2 aromatic rings. The highest BCUT2D eigenvalue weighted by molar-refractivity contribution is 7.98. The van der Waals surface area contributed by atoms with Crippen LogP contribution < -0.4 is 48.3 Å². The molecular weight excluding hydrogens is 1020 g/mol. The summed E-state index contributed by atoms with van der Waals surface area (Å²) < 4.78 is 0. The van der Waals surface area contributed by atoms with Crippen molar-refractivity contribution < 1.29 is 73.5 Å². The van der Waals surface area contributed by atoms with Gasteiger partial charge in [-0.05, 0) is 73.3 Å². The van der Waals surface area contributed by atoms with Crippen molar-refractivity contribution in [3.63, 3.8) is 0 Å². The third-order valence-electron chi connectivity index (χ3n) is 11.7. The molecule has 16 N–H and O–H groups in total. The van der Waals surface area contributed by atoms with Crippen molar-refractivity contribution in [2.24, 2.45) is 17.6 Å². The third kappa shape index (κ3) is 22.1. The molecule has 0 fully saturated rings. The third-order valence-corrected chi connectivity index (χ3v) is 13.0. The number of nitrogens with zero attached hydrogens (tertiary/aromatic N) is 1. The Bertz CT molecular complexity index is 2220. The number of carboxylic acids is 2. The van der Waals surface area contributed by atoms with Gasteiger partial charge >= 0.3 is 11.9 Å². The first-order chi connectivity index (χ1) is 35.4. The lowest BCUT2D eigenvalue weighted by molar-refractivity contribution is -0.142. The fourth-order valence-corrected chi connectivity index (χ4v) is 8.06. The number of imidazole rings is 1. The molecule has 0 bridgehead atoms. The fraction of sp³-hybridized carbons (Fsp3) is 0.596. The van der Waals surface area contributed by atoms with E-state index in [1.807, 2.05) is 0 Å². The Morgan fingerprint density at radius 3 is 1.60 bits per heavy atom. The summed E-state index contributed by atoms with van der Waals surface area (Å²) in [6.07, 6.45) is 3.66. The number of carbonyl (C=O) groups excluding carboxylic acids is 8. The number of phenolic OH excluding ortho intramolecular Hbond substituents is 1. The van der Waals surface area contributed by atoms with Gasteiger partial charge in [-0.2, -0.15) is 23.5 Å². The number of nitrogens with two attached hydrogens (primary N) is 1. The number of nitrogens with one attached hydrogen (secondary N) is 9. The van der Waals surface area contributed by atoms with Crippen LogP contribution in [0.2, 0.25) is 0 Å². The zero-order chi connectivity index (χ0) is 56.5. The number of aliphatic hydroxyl groups is 2. The maximum atomic E-state index is 14.4. The Hall–Kier alpha value is -6.49. The Morgan fingerprint density at radius 2 is 1.09 bits per heavy atom. The maximum absolute atomic E-state index is 14.4. The Balaban J connectivity index is 2.47. The van der Waals surface area contributed by atoms with Gasteiger partial charge in [0.1, 0.15) is 54.1 Å². The maximum Gasteiger partial charge on any atom is 0.326 e. The number of phenols is 1. The van der Waals surface area contributed by atoms with E-state index >= 15 is 0 Å². The van der Waals surface area contributed by atoms with Gasteiger partial charge in [-0.1, -0.05) is 46.2 Å². The number of aliphatic hydroxyl groups excluding tert-OH is 2. The summed E-state index contributed by atoms with van der Waals surface area (Å²) in [4.78, 5) is 140. The number of hydrogen-bond acceptors (Lipinski definition) is 17. The van der Waals surface area contributed by atoms with Crippen molar-refractivity contribution in [3.8, 4) is 5.75 Å². The van der Waals surface area contributed by atoms with Crippen molar-refractivity contribution in [2.75, 3.05) is 30.6 Å². The molecule has 0 aliphatic carbocycles. The summed E-state index contributed by atoms with van der Waals surface area (Å²) in [5.41, 5.74) is 6.46. The van der Waals surface area contributed by atoms with Crippen LogP contribution in [-0.4, -0.2) is 186 Å². The number of aromatic hydroxyl groups is 1. The van der Waals surface area contributed by atoms with Gasteiger partial charge in [0.05, 0.1) is 31.5 Å². The van der Waals surface area contributed by atoms with Crippen molar-refractivity contribution in [1.82, 2.24) is 52.5 Å². The summed E-state index contributed by atoms with van der Waals surface area (Å²) >= 11 is 2.67. The Morgan fingerprint density at radius 1 is 0.627 bits per heavy atom. The highest BCUT2D eigenvalue weighted by atomic mass is 32.2. The van der Waals surface area contributed by atoms with Crippen molar-refractivity contribution >= 4 is 82.7 Å². The number of hydrogen-bond donors (Lipinski definition) is 15. The highest BCUT2D eigenvalue weighted by Gasteiger charge is 2.38.